The number of benzene rings is 2. The minimum Gasteiger partial charge on any atom is -0.458 e. The van der Waals surface area contributed by atoms with Crippen LogP contribution in [0.15, 0.2) is 88.3 Å². The number of hydrogen-bond donors (Lipinski definition) is 0. The third-order valence-electron chi connectivity index (χ3n) is 4.84. The van der Waals surface area contributed by atoms with E-state index in [1.54, 1.807) is 29.7 Å². The van der Waals surface area contributed by atoms with E-state index in [4.69, 9.17) is 16.3 Å². The number of aromatic nitrogens is 1. The Balaban J connectivity index is 1.93. The Hall–Kier alpha value is -3.22. The molecule has 0 fully saturated rings. The van der Waals surface area contributed by atoms with E-state index in [9.17, 15) is 9.59 Å². The predicted molar refractivity (Wildman–Crippen MR) is 123 cm³/mol. The zero-order valence-corrected chi connectivity index (χ0v) is 18.3. The summed E-state index contributed by atoms with van der Waals surface area (Å²) in [6.45, 7) is 5.43. The average Bonchev–Trinajstić information content (AvgIpc) is 3.06. The molecule has 3 aromatic rings. The van der Waals surface area contributed by atoms with Gasteiger partial charge in [-0.15, -0.1) is 0 Å². The van der Waals surface area contributed by atoms with Gasteiger partial charge in [-0.25, -0.2) is 9.79 Å². The van der Waals surface area contributed by atoms with E-state index >= 15 is 0 Å². The van der Waals surface area contributed by atoms with Gasteiger partial charge in [-0.3, -0.25) is 9.36 Å². The lowest BCUT2D eigenvalue weighted by Gasteiger charge is -2.24. The van der Waals surface area contributed by atoms with Crippen LogP contribution in [0.1, 0.15) is 24.1 Å². The molecule has 31 heavy (non-hydrogen) atoms. The molecular weight excluding hydrogens is 432 g/mol. The molecule has 4 rings (SSSR count). The Morgan fingerprint density at radius 1 is 1.26 bits per heavy atom. The van der Waals surface area contributed by atoms with Gasteiger partial charge in [0.15, 0.2) is 4.80 Å². The fraction of sp³-hybridized carbons (Fsp3) is 0.125. The van der Waals surface area contributed by atoms with Crippen LogP contribution < -0.4 is 14.9 Å². The van der Waals surface area contributed by atoms with Crippen molar-refractivity contribution in [2.75, 3.05) is 6.61 Å². The molecular formula is C24H19ClN2O3S. The zero-order chi connectivity index (χ0) is 22.0. The molecule has 0 saturated carbocycles. The van der Waals surface area contributed by atoms with Crippen LogP contribution in [-0.2, 0) is 9.53 Å². The highest BCUT2D eigenvalue weighted by molar-refractivity contribution is 7.07. The number of hydrogen-bond acceptors (Lipinski definition) is 5. The molecule has 0 radical (unpaired) electrons. The third kappa shape index (κ3) is 4.17. The maximum absolute atomic E-state index is 13.4. The Labute approximate surface area is 187 Å². The summed E-state index contributed by atoms with van der Waals surface area (Å²) in [5.74, 6) is -0.515. The standard InChI is InChI=1S/C24H19ClN2O3S/c1-3-12-30-23(29)20-15(2)26-24-27(21(20)17-9-5-4-6-10-17)22(28)19(31-24)14-16-8-7-11-18(25)13-16/h3-11,13-14,21H,1,12H2,2H3/b19-14-/t21-/m1/s1. The van der Waals surface area contributed by atoms with E-state index in [0.717, 1.165) is 11.1 Å². The summed E-state index contributed by atoms with van der Waals surface area (Å²) in [6, 6.07) is 16.1. The fourth-order valence-corrected chi connectivity index (χ4v) is 4.74. The Kier molecular flexibility index (Phi) is 6.02. The summed E-state index contributed by atoms with van der Waals surface area (Å²) in [4.78, 5) is 31.4. The number of nitrogens with zero attached hydrogens (tertiary/aromatic N) is 2. The van der Waals surface area contributed by atoms with Gasteiger partial charge in [0.2, 0.25) is 0 Å². The van der Waals surface area contributed by atoms with Crippen molar-refractivity contribution in [2.24, 2.45) is 4.99 Å². The van der Waals surface area contributed by atoms with Gasteiger partial charge in [0.05, 0.1) is 21.8 Å². The molecule has 0 N–H and O–H groups in total. The van der Waals surface area contributed by atoms with Crippen LogP contribution in [0.2, 0.25) is 5.02 Å². The van der Waals surface area contributed by atoms with Crippen molar-refractivity contribution in [3.05, 3.63) is 114 Å². The normalized spacial score (nSPS) is 15.9. The average molecular weight is 451 g/mol. The first-order chi connectivity index (χ1) is 15.0. The summed E-state index contributed by atoms with van der Waals surface area (Å²) in [7, 11) is 0. The van der Waals surface area contributed by atoms with Crippen molar-refractivity contribution in [2.45, 2.75) is 13.0 Å². The number of carbonyl (C=O) groups is 1. The first-order valence-electron chi connectivity index (χ1n) is 9.60. The van der Waals surface area contributed by atoms with Gasteiger partial charge >= 0.3 is 5.97 Å². The molecule has 1 aliphatic heterocycles. The molecule has 1 atom stereocenters. The van der Waals surface area contributed by atoms with Crippen molar-refractivity contribution >= 4 is 35.0 Å². The molecule has 1 aromatic heterocycles. The van der Waals surface area contributed by atoms with E-state index in [0.29, 0.717) is 25.6 Å². The van der Waals surface area contributed by atoms with Gasteiger partial charge in [-0.1, -0.05) is 78.1 Å². The molecule has 1 aliphatic rings. The van der Waals surface area contributed by atoms with E-state index in [1.807, 2.05) is 42.5 Å². The van der Waals surface area contributed by atoms with Gasteiger partial charge in [-0.2, -0.15) is 0 Å². The molecule has 7 heteroatoms. The molecule has 5 nitrogen and oxygen atoms in total. The minimum atomic E-state index is -0.628. The topological polar surface area (TPSA) is 60.7 Å². The van der Waals surface area contributed by atoms with Crippen molar-refractivity contribution < 1.29 is 9.53 Å². The van der Waals surface area contributed by atoms with Crippen LogP contribution in [0, 0.1) is 0 Å². The highest BCUT2D eigenvalue weighted by atomic mass is 35.5. The first-order valence-corrected chi connectivity index (χ1v) is 10.8. The maximum atomic E-state index is 13.4. The minimum absolute atomic E-state index is 0.0797. The molecule has 0 amide bonds. The monoisotopic (exact) mass is 450 g/mol. The van der Waals surface area contributed by atoms with Crippen LogP contribution in [-0.4, -0.2) is 17.1 Å². The highest BCUT2D eigenvalue weighted by Crippen LogP contribution is 2.30. The lowest BCUT2D eigenvalue weighted by molar-refractivity contribution is -0.138. The molecule has 0 bridgehead atoms. The van der Waals surface area contributed by atoms with Crippen molar-refractivity contribution in [3.8, 4) is 0 Å². The zero-order valence-electron chi connectivity index (χ0n) is 16.7. The highest BCUT2D eigenvalue weighted by Gasteiger charge is 2.33. The second kappa shape index (κ2) is 8.88. The smallest absolute Gasteiger partial charge is 0.338 e. The van der Waals surface area contributed by atoms with Crippen LogP contribution in [0.4, 0.5) is 0 Å². The summed E-state index contributed by atoms with van der Waals surface area (Å²) < 4.78 is 7.39. The van der Waals surface area contributed by atoms with Crippen molar-refractivity contribution in [1.29, 1.82) is 0 Å². The number of ether oxygens (including phenoxy) is 1. The molecule has 0 aliphatic carbocycles. The predicted octanol–water partition coefficient (Wildman–Crippen LogP) is 3.62. The van der Waals surface area contributed by atoms with E-state index < -0.39 is 12.0 Å². The van der Waals surface area contributed by atoms with Gasteiger partial charge in [0.1, 0.15) is 6.61 Å². The number of esters is 1. The second-order valence-electron chi connectivity index (χ2n) is 6.93. The van der Waals surface area contributed by atoms with Gasteiger partial charge in [0, 0.05) is 5.02 Å². The summed E-state index contributed by atoms with van der Waals surface area (Å²) in [5, 5.41) is 0.590. The maximum Gasteiger partial charge on any atom is 0.338 e. The Morgan fingerprint density at radius 3 is 2.74 bits per heavy atom. The first kappa shape index (κ1) is 21.0. The largest absolute Gasteiger partial charge is 0.458 e. The van der Waals surface area contributed by atoms with Crippen molar-refractivity contribution in [3.63, 3.8) is 0 Å². The van der Waals surface area contributed by atoms with Crippen LogP contribution in [0.3, 0.4) is 0 Å². The van der Waals surface area contributed by atoms with Gasteiger partial charge in [0.25, 0.3) is 5.56 Å². The molecule has 2 aromatic carbocycles. The Morgan fingerprint density at radius 2 is 2.03 bits per heavy atom. The third-order valence-corrected chi connectivity index (χ3v) is 6.05. The lowest BCUT2D eigenvalue weighted by Crippen LogP contribution is -2.39. The van der Waals surface area contributed by atoms with Crippen molar-refractivity contribution in [1.82, 2.24) is 4.57 Å². The van der Waals surface area contributed by atoms with Crippen LogP contribution in [0.5, 0.6) is 0 Å². The Bertz CT molecular complexity index is 1370. The molecule has 0 spiro atoms. The lowest BCUT2D eigenvalue weighted by atomic mass is 9.96. The quantitative estimate of drug-likeness (QED) is 0.440. The number of carbonyl (C=O) groups excluding carboxylic acids is 1. The number of thiazole rings is 1. The summed E-state index contributed by atoms with van der Waals surface area (Å²) in [5.41, 5.74) is 2.26. The van der Waals surface area contributed by atoms with E-state index in [1.165, 1.54) is 17.4 Å². The molecule has 2 heterocycles. The second-order valence-corrected chi connectivity index (χ2v) is 8.38. The summed E-state index contributed by atoms with van der Waals surface area (Å²) >= 11 is 7.37. The van der Waals surface area contributed by atoms with Crippen LogP contribution >= 0.6 is 22.9 Å². The fourth-order valence-electron chi connectivity index (χ4n) is 3.49. The molecule has 0 unspecified atom stereocenters. The number of allylic oxidation sites excluding steroid dienone is 1. The molecule has 0 saturated heterocycles. The van der Waals surface area contributed by atoms with Gasteiger partial charge < -0.3 is 4.74 Å². The number of halogens is 1. The van der Waals surface area contributed by atoms with E-state index in [2.05, 4.69) is 11.6 Å². The van der Waals surface area contributed by atoms with E-state index in [-0.39, 0.29) is 12.2 Å². The van der Waals surface area contributed by atoms with Crippen LogP contribution in [0.25, 0.3) is 6.08 Å². The molecule has 156 valence electrons. The van der Waals surface area contributed by atoms with Gasteiger partial charge in [-0.05, 0) is 36.3 Å². The SMILES string of the molecule is C=CCOC(=O)C1=C(C)N=c2s/c(=C\c3cccc(Cl)c3)c(=O)n2[C@@H]1c1ccccc1. The number of fused-ring (bicyclic) bond motifs is 1. The number of rotatable bonds is 5. The summed E-state index contributed by atoms with van der Waals surface area (Å²) in [6.07, 6.45) is 3.29.